The Hall–Kier alpha value is -3.02. The molecule has 0 aliphatic rings. The molecule has 0 aromatic heterocycles. The van der Waals surface area contributed by atoms with Crippen LogP contribution in [0.25, 0.3) is 0 Å². The lowest BCUT2D eigenvalue weighted by Gasteiger charge is -2.14. The molecule has 1 amide bonds. The summed E-state index contributed by atoms with van der Waals surface area (Å²) in [6.45, 7) is 4.49. The van der Waals surface area contributed by atoms with E-state index in [1.807, 2.05) is 56.3 Å². The van der Waals surface area contributed by atoms with Crippen LogP contribution in [-0.2, 0) is 22.4 Å². The molecule has 150 valence electrons. The van der Waals surface area contributed by atoms with E-state index in [1.54, 1.807) is 7.11 Å². The fourth-order valence-electron chi connectivity index (χ4n) is 2.88. The Bertz CT molecular complexity index is 801. The first-order valence-corrected chi connectivity index (χ1v) is 9.27. The number of rotatable bonds is 10. The van der Waals surface area contributed by atoms with E-state index in [1.165, 1.54) is 0 Å². The summed E-state index contributed by atoms with van der Waals surface area (Å²) in [4.78, 5) is 23.8. The van der Waals surface area contributed by atoms with Gasteiger partial charge < -0.3 is 19.9 Å². The van der Waals surface area contributed by atoms with Crippen molar-refractivity contribution >= 4 is 11.9 Å². The number of carboxylic acid groups (broad SMARTS) is 1. The van der Waals surface area contributed by atoms with Crippen molar-refractivity contribution in [2.45, 2.75) is 26.7 Å². The van der Waals surface area contributed by atoms with Crippen molar-refractivity contribution in [2.75, 3.05) is 20.3 Å². The predicted molar refractivity (Wildman–Crippen MR) is 107 cm³/mol. The zero-order valence-electron chi connectivity index (χ0n) is 16.5. The minimum atomic E-state index is -0.939. The van der Waals surface area contributed by atoms with E-state index in [0.717, 1.165) is 28.2 Å². The molecule has 6 nitrogen and oxygen atoms in total. The molecule has 2 aromatic rings. The summed E-state index contributed by atoms with van der Waals surface area (Å²) in [6.07, 6.45) is 0.506. The Balaban J connectivity index is 1.91. The number of amides is 1. The largest absolute Gasteiger partial charge is 0.496 e. The van der Waals surface area contributed by atoms with Gasteiger partial charge in [0.1, 0.15) is 11.5 Å². The number of hydrogen-bond donors (Lipinski definition) is 2. The van der Waals surface area contributed by atoms with Crippen molar-refractivity contribution in [1.29, 1.82) is 0 Å². The molecule has 0 heterocycles. The van der Waals surface area contributed by atoms with E-state index in [9.17, 15) is 14.7 Å². The average molecular weight is 385 g/mol. The van der Waals surface area contributed by atoms with E-state index in [-0.39, 0.29) is 18.9 Å². The molecular formula is C22H27NO5. The second-order valence-corrected chi connectivity index (χ2v) is 6.60. The molecule has 0 aliphatic carbocycles. The third-order valence-corrected chi connectivity index (χ3v) is 4.45. The van der Waals surface area contributed by atoms with Gasteiger partial charge in [-0.05, 0) is 55.2 Å². The molecule has 0 bridgehead atoms. The minimum absolute atomic E-state index is 0.0738. The van der Waals surface area contributed by atoms with Crippen molar-refractivity contribution in [1.82, 2.24) is 5.32 Å². The fraction of sp³-hybridized carbons (Fsp3) is 0.364. The monoisotopic (exact) mass is 385 g/mol. The first-order valence-electron chi connectivity index (χ1n) is 9.27. The van der Waals surface area contributed by atoms with Crippen LogP contribution < -0.4 is 14.8 Å². The van der Waals surface area contributed by atoms with Crippen molar-refractivity contribution in [3.63, 3.8) is 0 Å². The van der Waals surface area contributed by atoms with Gasteiger partial charge in [-0.15, -0.1) is 0 Å². The zero-order valence-corrected chi connectivity index (χ0v) is 16.5. The molecule has 0 spiro atoms. The van der Waals surface area contributed by atoms with Gasteiger partial charge in [0.15, 0.2) is 0 Å². The van der Waals surface area contributed by atoms with E-state index in [0.29, 0.717) is 13.0 Å². The number of carbonyl (C=O) groups excluding carboxylic acids is 1. The van der Waals surface area contributed by atoms with Crippen LogP contribution in [0.3, 0.4) is 0 Å². The lowest BCUT2D eigenvalue weighted by Crippen LogP contribution is -2.34. The lowest BCUT2D eigenvalue weighted by molar-refractivity contribution is -0.141. The quantitative estimate of drug-likeness (QED) is 0.657. The van der Waals surface area contributed by atoms with E-state index in [4.69, 9.17) is 9.47 Å². The molecule has 0 radical (unpaired) electrons. The van der Waals surface area contributed by atoms with Gasteiger partial charge in [0, 0.05) is 6.54 Å². The zero-order chi connectivity index (χ0) is 20.5. The first kappa shape index (κ1) is 21.3. The SMILES string of the molecule is CCOc1ccc(CC(CNC(=O)Cc2ccc(C)c(OC)c2)C(=O)O)cc1. The molecule has 6 heteroatoms. The highest BCUT2D eigenvalue weighted by molar-refractivity contribution is 5.79. The number of carbonyl (C=O) groups is 2. The molecule has 28 heavy (non-hydrogen) atoms. The Kier molecular flexibility index (Phi) is 7.87. The number of benzene rings is 2. The van der Waals surface area contributed by atoms with Gasteiger partial charge in [0.2, 0.25) is 5.91 Å². The minimum Gasteiger partial charge on any atom is -0.496 e. The normalized spacial score (nSPS) is 11.5. The van der Waals surface area contributed by atoms with Crippen LogP contribution in [0, 0.1) is 12.8 Å². The molecule has 2 aromatic carbocycles. The molecule has 0 saturated heterocycles. The lowest BCUT2D eigenvalue weighted by atomic mass is 9.99. The molecule has 0 saturated carbocycles. The number of ether oxygens (including phenoxy) is 2. The van der Waals surface area contributed by atoms with Crippen molar-refractivity contribution < 1.29 is 24.2 Å². The van der Waals surface area contributed by atoms with Gasteiger partial charge in [-0.25, -0.2) is 0 Å². The van der Waals surface area contributed by atoms with Crippen LogP contribution in [0.1, 0.15) is 23.6 Å². The van der Waals surface area contributed by atoms with Crippen LogP contribution in [-0.4, -0.2) is 37.2 Å². The molecule has 2 rings (SSSR count). The number of hydrogen-bond acceptors (Lipinski definition) is 4. The summed E-state index contributed by atoms with van der Waals surface area (Å²) in [5, 5.41) is 12.2. The maximum Gasteiger partial charge on any atom is 0.308 e. The Morgan fingerprint density at radius 1 is 1.11 bits per heavy atom. The Labute approximate surface area is 165 Å². The van der Waals surface area contributed by atoms with Gasteiger partial charge in [-0.1, -0.05) is 24.3 Å². The number of aryl methyl sites for hydroxylation is 1. The number of methoxy groups -OCH3 is 1. The summed E-state index contributed by atoms with van der Waals surface area (Å²) in [7, 11) is 1.59. The molecular weight excluding hydrogens is 358 g/mol. The van der Waals surface area contributed by atoms with Crippen LogP contribution >= 0.6 is 0 Å². The van der Waals surface area contributed by atoms with E-state index < -0.39 is 11.9 Å². The van der Waals surface area contributed by atoms with Crippen molar-refractivity contribution in [3.8, 4) is 11.5 Å². The highest BCUT2D eigenvalue weighted by Crippen LogP contribution is 2.19. The summed E-state index contributed by atoms with van der Waals surface area (Å²) in [5.74, 6) is -0.381. The smallest absolute Gasteiger partial charge is 0.308 e. The second kappa shape index (κ2) is 10.3. The number of nitrogens with one attached hydrogen (secondary N) is 1. The van der Waals surface area contributed by atoms with Gasteiger partial charge in [-0.3, -0.25) is 9.59 Å². The molecule has 1 atom stereocenters. The van der Waals surface area contributed by atoms with Crippen LogP contribution in [0.5, 0.6) is 11.5 Å². The average Bonchev–Trinajstić information content (AvgIpc) is 2.68. The second-order valence-electron chi connectivity index (χ2n) is 6.60. The summed E-state index contributed by atoms with van der Waals surface area (Å²) >= 11 is 0. The Morgan fingerprint density at radius 2 is 1.79 bits per heavy atom. The summed E-state index contributed by atoms with van der Waals surface area (Å²) < 4.78 is 10.7. The number of aliphatic carboxylic acids is 1. The fourth-order valence-corrected chi connectivity index (χ4v) is 2.88. The Morgan fingerprint density at radius 3 is 2.39 bits per heavy atom. The topological polar surface area (TPSA) is 84.9 Å². The highest BCUT2D eigenvalue weighted by Gasteiger charge is 2.19. The van der Waals surface area contributed by atoms with Crippen LogP contribution in [0.15, 0.2) is 42.5 Å². The molecule has 2 N–H and O–H groups in total. The van der Waals surface area contributed by atoms with Gasteiger partial charge in [0.05, 0.1) is 26.1 Å². The third kappa shape index (κ3) is 6.30. The summed E-state index contributed by atoms with van der Waals surface area (Å²) in [5.41, 5.74) is 2.69. The predicted octanol–water partition coefficient (Wildman–Crippen LogP) is 3.00. The van der Waals surface area contributed by atoms with Gasteiger partial charge in [-0.2, -0.15) is 0 Å². The summed E-state index contributed by atoms with van der Waals surface area (Å²) in [6, 6.07) is 12.9. The molecule has 0 fully saturated rings. The maximum absolute atomic E-state index is 12.2. The van der Waals surface area contributed by atoms with Crippen molar-refractivity contribution in [3.05, 3.63) is 59.2 Å². The molecule has 0 aliphatic heterocycles. The first-order chi connectivity index (χ1) is 13.4. The standard InChI is InChI=1S/C22H27NO5/c1-4-28-19-9-7-16(8-10-19)11-18(22(25)26)14-23-21(24)13-17-6-5-15(2)20(12-17)27-3/h5-10,12,18H,4,11,13-14H2,1-3H3,(H,23,24)(H,25,26). The van der Waals surface area contributed by atoms with Gasteiger partial charge >= 0.3 is 5.97 Å². The highest BCUT2D eigenvalue weighted by atomic mass is 16.5. The van der Waals surface area contributed by atoms with E-state index in [2.05, 4.69) is 5.32 Å². The van der Waals surface area contributed by atoms with Crippen LogP contribution in [0.4, 0.5) is 0 Å². The van der Waals surface area contributed by atoms with Crippen molar-refractivity contribution in [2.24, 2.45) is 5.92 Å². The van der Waals surface area contributed by atoms with E-state index >= 15 is 0 Å². The van der Waals surface area contributed by atoms with Gasteiger partial charge in [0.25, 0.3) is 0 Å². The molecule has 1 unspecified atom stereocenters. The van der Waals surface area contributed by atoms with Crippen LogP contribution in [0.2, 0.25) is 0 Å². The third-order valence-electron chi connectivity index (χ3n) is 4.45. The maximum atomic E-state index is 12.2. The number of carboxylic acids is 1.